The number of carbonyl (C=O) groups is 1. The molecule has 0 bridgehead atoms. The van der Waals surface area contributed by atoms with Gasteiger partial charge in [0.15, 0.2) is 5.76 Å². The molecule has 1 aromatic carbocycles. The highest BCUT2D eigenvalue weighted by Gasteiger charge is 2.39. The van der Waals surface area contributed by atoms with Crippen LogP contribution in [0.4, 0.5) is 5.69 Å². The molecule has 18 heavy (non-hydrogen) atoms. The molecule has 5 heteroatoms. The lowest BCUT2D eigenvalue weighted by atomic mass is 10.1. The van der Waals surface area contributed by atoms with Gasteiger partial charge in [-0.1, -0.05) is 0 Å². The summed E-state index contributed by atoms with van der Waals surface area (Å²) >= 11 is 0. The number of nitrogens with zero attached hydrogens (tertiary/aromatic N) is 1. The van der Waals surface area contributed by atoms with Crippen molar-refractivity contribution in [1.29, 1.82) is 0 Å². The number of amides is 1. The molecule has 2 heterocycles. The molecular formula is C13H12N2O3. The Morgan fingerprint density at radius 3 is 2.94 bits per heavy atom. The zero-order chi connectivity index (χ0) is 12.8. The molecule has 1 unspecified atom stereocenters. The van der Waals surface area contributed by atoms with Crippen LogP contribution < -0.4 is 5.73 Å². The zero-order valence-corrected chi connectivity index (χ0v) is 9.63. The van der Waals surface area contributed by atoms with Gasteiger partial charge >= 0.3 is 5.91 Å². The number of rotatable bonds is 2. The SMILES string of the molecule is Nc1ccc2c(c1)C[N+]([O-])(Cc1ccco1)C2=O. The molecular weight excluding hydrogens is 232 g/mol. The molecule has 1 amide bonds. The predicted octanol–water partition coefficient (Wildman–Crippen LogP) is 2.03. The Hall–Kier alpha value is -2.11. The summed E-state index contributed by atoms with van der Waals surface area (Å²) in [6, 6.07) is 8.34. The summed E-state index contributed by atoms with van der Waals surface area (Å²) in [4.78, 5) is 12.1. The fourth-order valence-electron chi connectivity index (χ4n) is 2.30. The van der Waals surface area contributed by atoms with E-state index in [9.17, 15) is 10.0 Å². The van der Waals surface area contributed by atoms with E-state index < -0.39 is 10.6 Å². The van der Waals surface area contributed by atoms with E-state index in [2.05, 4.69) is 0 Å². The lowest BCUT2D eigenvalue weighted by Gasteiger charge is -2.34. The number of nitrogens with two attached hydrogens (primary N) is 1. The second-order valence-corrected chi connectivity index (χ2v) is 4.51. The maximum atomic E-state index is 12.6. The van der Waals surface area contributed by atoms with E-state index in [-0.39, 0.29) is 13.1 Å². The molecule has 3 rings (SSSR count). The number of hydroxylamine groups is 3. The number of furan rings is 1. The fourth-order valence-corrected chi connectivity index (χ4v) is 2.30. The molecule has 2 aromatic rings. The van der Waals surface area contributed by atoms with Gasteiger partial charge in [0.25, 0.3) is 0 Å². The molecule has 0 saturated heterocycles. The molecule has 1 aromatic heterocycles. The second-order valence-electron chi connectivity index (χ2n) is 4.51. The molecule has 1 aliphatic rings. The average Bonchev–Trinajstić information content (AvgIpc) is 2.88. The minimum atomic E-state index is -0.938. The molecule has 0 saturated carbocycles. The van der Waals surface area contributed by atoms with Gasteiger partial charge in [-0.15, -0.1) is 0 Å². The van der Waals surface area contributed by atoms with Crippen molar-refractivity contribution in [2.45, 2.75) is 13.1 Å². The highest BCUT2D eigenvalue weighted by atomic mass is 16.6. The maximum absolute atomic E-state index is 12.6. The van der Waals surface area contributed by atoms with Gasteiger partial charge in [-0.3, -0.25) is 4.65 Å². The summed E-state index contributed by atoms with van der Waals surface area (Å²) in [6.07, 6.45) is 1.49. The lowest BCUT2D eigenvalue weighted by Crippen LogP contribution is -2.41. The number of hydrogen-bond acceptors (Lipinski definition) is 4. The van der Waals surface area contributed by atoms with Gasteiger partial charge in [0.1, 0.15) is 13.1 Å². The van der Waals surface area contributed by atoms with E-state index >= 15 is 0 Å². The Balaban J connectivity index is 1.95. The Morgan fingerprint density at radius 2 is 2.22 bits per heavy atom. The quantitative estimate of drug-likeness (QED) is 0.498. The van der Waals surface area contributed by atoms with Gasteiger partial charge in [0.05, 0.1) is 11.8 Å². The summed E-state index contributed by atoms with van der Waals surface area (Å²) in [5.74, 6) is 0.0838. The predicted molar refractivity (Wildman–Crippen MR) is 64.9 cm³/mol. The van der Waals surface area contributed by atoms with Gasteiger partial charge < -0.3 is 15.4 Å². The van der Waals surface area contributed by atoms with Crippen LogP contribution >= 0.6 is 0 Å². The van der Waals surface area contributed by atoms with Crippen molar-refractivity contribution >= 4 is 11.6 Å². The monoisotopic (exact) mass is 244 g/mol. The third-order valence-electron chi connectivity index (χ3n) is 3.15. The lowest BCUT2D eigenvalue weighted by molar-refractivity contribution is -0.822. The van der Waals surface area contributed by atoms with Crippen molar-refractivity contribution in [2.24, 2.45) is 0 Å². The first-order chi connectivity index (χ1) is 8.58. The van der Waals surface area contributed by atoms with E-state index in [1.54, 1.807) is 30.3 Å². The van der Waals surface area contributed by atoms with Gasteiger partial charge in [-0.2, -0.15) is 0 Å². The summed E-state index contributed by atoms with van der Waals surface area (Å²) in [7, 11) is 0. The van der Waals surface area contributed by atoms with Gasteiger partial charge in [0, 0.05) is 11.3 Å². The third-order valence-corrected chi connectivity index (χ3v) is 3.15. The second kappa shape index (κ2) is 3.69. The van der Waals surface area contributed by atoms with Crippen LogP contribution in [0.3, 0.4) is 0 Å². The molecule has 1 atom stereocenters. The summed E-state index contributed by atoms with van der Waals surface area (Å²) < 4.78 is 4.20. The Morgan fingerprint density at radius 1 is 1.39 bits per heavy atom. The van der Waals surface area contributed by atoms with E-state index in [4.69, 9.17) is 10.2 Å². The first kappa shape index (κ1) is 11.0. The number of benzene rings is 1. The van der Waals surface area contributed by atoms with E-state index in [0.717, 1.165) is 0 Å². The molecule has 0 spiro atoms. The standard InChI is InChI=1S/C13H12N2O3/c14-10-3-4-12-9(6-10)7-15(17,13(12)16)8-11-2-1-5-18-11/h1-6H,7-8,14H2. The minimum absolute atomic E-state index is 0.0143. The largest absolute Gasteiger partial charge is 0.624 e. The van der Waals surface area contributed by atoms with Crippen LogP contribution in [-0.4, -0.2) is 10.6 Å². The van der Waals surface area contributed by atoms with Crippen LogP contribution in [0.15, 0.2) is 41.0 Å². The van der Waals surface area contributed by atoms with Crippen LogP contribution in [0.2, 0.25) is 0 Å². The number of carbonyl (C=O) groups excluding carboxylic acids is 1. The van der Waals surface area contributed by atoms with Crippen LogP contribution in [0.1, 0.15) is 21.7 Å². The normalized spacial score (nSPS) is 22.2. The molecule has 0 fully saturated rings. The number of anilines is 1. The van der Waals surface area contributed by atoms with E-state index in [1.165, 1.54) is 6.26 Å². The summed E-state index contributed by atoms with van der Waals surface area (Å²) in [5.41, 5.74) is 7.40. The first-order valence-electron chi connectivity index (χ1n) is 5.62. The summed E-state index contributed by atoms with van der Waals surface area (Å²) in [6.45, 7) is 0.125. The maximum Gasteiger partial charge on any atom is 0.346 e. The van der Waals surface area contributed by atoms with Crippen LogP contribution in [0.5, 0.6) is 0 Å². The Bertz CT molecular complexity index is 607. The van der Waals surface area contributed by atoms with Gasteiger partial charge in [-0.05, 0) is 30.3 Å². The minimum Gasteiger partial charge on any atom is -0.624 e. The summed E-state index contributed by atoms with van der Waals surface area (Å²) in [5, 5.41) is 12.6. The van der Waals surface area contributed by atoms with Crippen molar-refractivity contribution in [2.75, 3.05) is 5.73 Å². The third kappa shape index (κ3) is 1.61. The topological polar surface area (TPSA) is 79.3 Å². The van der Waals surface area contributed by atoms with Gasteiger partial charge in [0.2, 0.25) is 0 Å². The molecule has 5 nitrogen and oxygen atoms in total. The van der Waals surface area contributed by atoms with Crippen molar-refractivity contribution in [1.82, 2.24) is 0 Å². The van der Waals surface area contributed by atoms with Crippen molar-refractivity contribution < 1.29 is 13.9 Å². The molecule has 92 valence electrons. The van der Waals surface area contributed by atoms with Crippen molar-refractivity contribution in [3.8, 4) is 0 Å². The van der Waals surface area contributed by atoms with E-state index in [1.807, 2.05) is 0 Å². The Kier molecular flexibility index (Phi) is 2.26. The Labute approximate surface area is 104 Å². The number of nitrogen functional groups attached to an aromatic ring is 1. The zero-order valence-electron chi connectivity index (χ0n) is 9.63. The molecule has 1 aliphatic heterocycles. The van der Waals surface area contributed by atoms with Gasteiger partial charge in [-0.25, -0.2) is 4.79 Å². The highest BCUT2D eigenvalue weighted by Crippen LogP contribution is 2.32. The highest BCUT2D eigenvalue weighted by molar-refractivity contribution is 5.93. The van der Waals surface area contributed by atoms with Crippen LogP contribution in [0, 0.1) is 5.21 Å². The van der Waals surface area contributed by atoms with Crippen molar-refractivity contribution in [3.05, 3.63) is 58.7 Å². The molecule has 0 radical (unpaired) electrons. The van der Waals surface area contributed by atoms with Crippen LogP contribution in [0.25, 0.3) is 0 Å². The number of quaternary nitrogens is 1. The average molecular weight is 244 g/mol. The molecule has 2 N–H and O–H groups in total. The first-order valence-corrected chi connectivity index (χ1v) is 5.62. The smallest absolute Gasteiger partial charge is 0.346 e. The van der Waals surface area contributed by atoms with Crippen LogP contribution in [-0.2, 0) is 13.1 Å². The number of hydrogen-bond donors (Lipinski definition) is 1. The fraction of sp³-hybridized carbons (Fsp3) is 0.154. The number of fused-ring (bicyclic) bond motifs is 1. The molecule has 0 aliphatic carbocycles. The van der Waals surface area contributed by atoms with E-state index in [0.29, 0.717) is 22.6 Å². The van der Waals surface area contributed by atoms with Crippen molar-refractivity contribution in [3.63, 3.8) is 0 Å².